The number of aromatic nitrogens is 4. The van der Waals surface area contributed by atoms with E-state index in [1.807, 2.05) is 0 Å². The molecule has 0 saturated heterocycles. The maximum absolute atomic E-state index is 13.5. The van der Waals surface area contributed by atoms with E-state index in [-0.39, 0.29) is 57.9 Å². The molecule has 242 valence electrons. The van der Waals surface area contributed by atoms with Crippen LogP contribution in [-0.2, 0) is 24.6 Å². The fourth-order valence-corrected chi connectivity index (χ4v) is 4.60. The molecule has 2 heterocycles. The molecule has 45 heavy (non-hydrogen) atoms. The van der Waals surface area contributed by atoms with Crippen molar-refractivity contribution in [1.29, 1.82) is 5.26 Å². The average molecular weight is 663 g/mol. The predicted molar refractivity (Wildman–Crippen MR) is 146 cm³/mol. The number of anilines is 1. The van der Waals surface area contributed by atoms with Crippen LogP contribution in [0, 0.1) is 11.3 Å². The van der Waals surface area contributed by atoms with Crippen molar-refractivity contribution in [2.75, 3.05) is 5.32 Å². The molecular formula is C26H25ClF6N8O4. The van der Waals surface area contributed by atoms with Gasteiger partial charge in [-0.05, 0) is 43.9 Å². The molecule has 0 radical (unpaired) electrons. The van der Waals surface area contributed by atoms with Crippen molar-refractivity contribution < 1.29 is 45.8 Å². The number of carboxylic acid groups (broad SMARTS) is 1. The number of halogens is 7. The largest absolute Gasteiger partial charge is 0.490 e. The monoisotopic (exact) mass is 662 g/mol. The Labute approximate surface area is 255 Å². The summed E-state index contributed by atoms with van der Waals surface area (Å²) >= 11 is 6.31. The summed E-state index contributed by atoms with van der Waals surface area (Å²) in [5.74, 6) is -3.97. The Morgan fingerprint density at radius 3 is 2.29 bits per heavy atom. The fraction of sp³-hybridized carbons (Fsp3) is 0.385. The van der Waals surface area contributed by atoms with Gasteiger partial charge in [-0.2, -0.15) is 36.7 Å². The summed E-state index contributed by atoms with van der Waals surface area (Å²) in [6.45, 7) is -0.377. The quantitative estimate of drug-likeness (QED) is 0.281. The first-order chi connectivity index (χ1) is 20.9. The Morgan fingerprint density at radius 2 is 1.76 bits per heavy atom. The first-order valence-electron chi connectivity index (χ1n) is 12.9. The number of rotatable bonds is 6. The van der Waals surface area contributed by atoms with Gasteiger partial charge in [-0.3, -0.25) is 14.3 Å². The lowest BCUT2D eigenvalue weighted by atomic mass is 9.91. The molecule has 1 saturated carbocycles. The van der Waals surface area contributed by atoms with Crippen molar-refractivity contribution >= 4 is 35.1 Å². The van der Waals surface area contributed by atoms with Crippen LogP contribution in [0.3, 0.4) is 0 Å². The molecule has 12 nitrogen and oxygen atoms in total. The number of carboxylic acids is 1. The number of nitrogens with zero attached hydrogens (tertiary/aromatic N) is 5. The Hall–Kier alpha value is -4.63. The Kier molecular flexibility index (Phi) is 10.8. The van der Waals surface area contributed by atoms with E-state index in [0.29, 0.717) is 0 Å². The summed E-state index contributed by atoms with van der Waals surface area (Å²) in [6.07, 6.45) is -4.43. The smallest absolute Gasteiger partial charge is 0.475 e. The number of benzene rings is 1. The van der Waals surface area contributed by atoms with Gasteiger partial charge in [0.05, 0.1) is 34.1 Å². The third kappa shape index (κ3) is 8.95. The van der Waals surface area contributed by atoms with Gasteiger partial charge in [0.2, 0.25) is 0 Å². The molecule has 0 aliphatic heterocycles. The normalized spacial score (nSPS) is 16.6. The third-order valence-electron chi connectivity index (χ3n) is 6.55. The predicted octanol–water partition coefficient (Wildman–Crippen LogP) is 4.36. The van der Waals surface area contributed by atoms with Gasteiger partial charge in [-0.15, -0.1) is 0 Å². The number of aliphatic carboxylic acids is 1. The highest BCUT2D eigenvalue weighted by atomic mass is 35.5. The zero-order valence-corrected chi connectivity index (χ0v) is 24.0. The van der Waals surface area contributed by atoms with Crippen LogP contribution < -0.4 is 16.4 Å². The van der Waals surface area contributed by atoms with Crippen LogP contribution in [0.5, 0.6) is 0 Å². The number of amides is 2. The summed E-state index contributed by atoms with van der Waals surface area (Å²) in [6, 6.07) is 6.28. The minimum Gasteiger partial charge on any atom is -0.475 e. The standard InChI is InChI=1S/C24H24ClF3N8O2.C2HF3O2/c1-35-19(17-12-36(9-8-29)34-20(17)24(26,27)28)11-31-21(35)23(38)33-15-6-7-16(18(25)10-15)22(37)32-14-4-2-13(30)3-5-14;3-2(4,5)1(6)7/h6-7,10-14H,2-5,9,30H2,1H3,(H,32,37)(H,33,38);(H,6,7). The number of hydrogen-bond donors (Lipinski definition) is 4. The van der Waals surface area contributed by atoms with Gasteiger partial charge in [-0.25, -0.2) is 9.78 Å². The topological polar surface area (TPSA) is 181 Å². The van der Waals surface area contributed by atoms with E-state index < -0.39 is 29.9 Å². The lowest BCUT2D eigenvalue weighted by Gasteiger charge is -2.27. The van der Waals surface area contributed by atoms with Crippen molar-refractivity contribution in [3.05, 3.63) is 52.7 Å². The maximum atomic E-state index is 13.5. The molecule has 0 atom stereocenters. The highest BCUT2D eigenvalue weighted by Crippen LogP contribution is 2.36. The number of carbonyl (C=O) groups excluding carboxylic acids is 2. The molecule has 4 rings (SSSR count). The second kappa shape index (κ2) is 14.0. The van der Waals surface area contributed by atoms with Gasteiger partial charge in [-0.1, -0.05) is 11.6 Å². The average Bonchev–Trinajstić information content (AvgIpc) is 3.53. The zero-order chi connectivity index (χ0) is 33.7. The van der Waals surface area contributed by atoms with E-state index in [1.54, 1.807) is 6.07 Å². The summed E-state index contributed by atoms with van der Waals surface area (Å²) in [4.78, 5) is 38.4. The van der Waals surface area contributed by atoms with E-state index in [1.165, 1.54) is 29.8 Å². The Bertz CT molecular complexity index is 1600. The SMILES string of the molecule is Cn1c(-c2cn(CC#N)nc2C(F)(F)F)cnc1C(=O)Nc1ccc(C(=O)NC2CCC(N)CC2)c(Cl)c1.O=C(O)C(F)(F)F. The minimum atomic E-state index is -5.08. The molecule has 19 heteroatoms. The lowest BCUT2D eigenvalue weighted by Crippen LogP contribution is -2.40. The summed E-state index contributed by atoms with van der Waals surface area (Å²) in [5.41, 5.74) is 4.89. The first-order valence-corrected chi connectivity index (χ1v) is 13.3. The molecule has 1 aliphatic carbocycles. The Balaban J connectivity index is 0.000000707. The number of nitrogens with one attached hydrogen (secondary N) is 2. The van der Waals surface area contributed by atoms with Gasteiger partial charge in [0, 0.05) is 31.0 Å². The number of nitriles is 1. The van der Waals surface area contributed by atoms with E-state index in [9.17, 15) is 35.9 Å². The molecule has 3 aromatic rings. The molecule has 0 spiro atoms. The van der Waals surface area contributed by atoms with Crippen LogP contribution in [0.4, 0.5) is 32.0 Å². The molecule has 0 unspecified atom stereocenters. The second-order valence-electron chi connectivity index (χ2n) is 9.81. The van der Waals surface area contributed by atoms with E-state index in [4.69, 9.17) is 32.5 Å². The number of carbonyl (C=O) groups is 3. The van der Waals surface area contributed by atoms with Gasteiger partial charge in [0.25, 0.3) is 11.8 Å². The minimum absolute atomic E-state index is 0.0135. The molecular weight excluding hydrogens is 638 g/mol. The number of nitrogens with two attached hydrogens (primary N) is 1. The van der Waals surface area contributed by atoms with Crippen molar-refractivity contribution in [2.24, 2.45) is 12.8 Å². The highest BCUT2D eigenvalue weighted by molar-refractivity contribution is 6.34. The first kappa shape index (κ1) is 34.9. The Morgan fingerprint density at radius 1 is 1.13 bits per heavy atom. The zero-order valence-electron chi connectivity index (χ0n) is 23.2. The van der Waals surface area contributed by atoms with E-state index in [2.05, 4.69) is 20.7 Å². The summed E-state index contributed by atoms with van der Waals surface area (Å²) < 4.78 is 74.4. The summed E-state index contributed by atoms with van der Waals surface area (Å²) in [7, 11) is 1.39. The van der Waals surface area contributed by atoms with Gasteiger partial charge in [0.1, 0.15) is 6.54 Å². The van der Waals surface area contributed by atoms with Crippen LogP contribution in [0.25, 0.3) is 11.3 Å². The molecule has 1 aliphatic rings. The van der Waals surface area contributed by atoms with Crippen LogP contribution in [-0.4, -0.2) is 60.5 Å². The van der Waals surface area contributed by atoms with Crippen molar-refractivity contribution in [1.82, 2.24) is 24.6 Å². The molecule has 5 N–H and O–H groups in total. The summed E-state index contributed by atoms with van der Waals surface area (Å²) in [5, 5.41) is 25.1. The lowest BCUT2D eigenvalue weighted by molar-refractivity contribution is -0.192. The molecule has 1 fully saturated rings. The number of alkyl halides is 6. The van der Waals surface area contributed by atoms with Crippen molar-refractivity contribution in [2.45, 2.75) is 56.7 Å². The van der Waals surface area contributed by atoms with Gasteiger partial charge < -0.3 is 26.0 Å². The van der Waals surface area contributed by atoms with Crippen molar-refractivity contribution in [3.63, 3.8) is 0 Å². The van der Waals surface area contributed by atoms with Crippen molar-refractivity contribution in [3.8, 4) is 17.3 Å². The second-order valence-corrected chi connectivity index (χ2v) is 10.2. The molecule has 2 aromatic heterocycles. The maximum Gasteiger partial charge on any atom is 0.490 e. The van der Waals surface area contributed by atoms with Crippen LogP contribution >= 0.6 is 11.6 Å². The molecule has 0 bridgehead atoms. The highest BCUT2D eigenvalue weighted by Gasteiger charge is 2.39. The number of hydrogen-bond acceptors (Lipinski definition) is 7. The third-order valence-corrected chi connectivity index (χ3v) is 6.86. The molecule has 2 amide bonds. The fourth-order valence-electron chi connectivity index (χ4n) is 4.33. The van der Waals surface area contributed by atoms with Crippen LogP contribution in [0.2, 0.25) is 5.02 Å². The molecule has 1 aromatic carbocycles. The number of imidazole rings is 1. The van der Waals surface area contributed by atoms with E-state index >= 15 is 0 Å². The van der Waals surface area contributed by atoms with Crippen LogP contribution in [0.1, 0.15) is 52.4 Å². The van der Waals surface area contributed by atoms with E-state index in [0.717, 1.165) is 42.8 Å². The van der Waals surface area contributed by atoms with Gasteiger partial charge in [0.15, 0.2) is 11.5 Å². The van der Waals surface area contributed by atoms with Crippen LogP contribution in [0.15, 0.2) is 30.6 Å². The van der Waals surface area contributed by atoms with Gasteiger partial charge >= 0.3 is 18.3 Å².